The maximum atomic E-state index is 6.49. The highest BCUT2D eigenvalue weighted by molar-refractivity contribution is 5.16. The van der Waals surface area contributed by atoms with Crippen molar-refractivity contribution in [3.05, 3.63) is 35.9 Å². The number of methoxy groups -OCH3 is 1. The molecule has 3 fully saturated rings. The summed E-state index contributed by atoms with van der Waals surface area (Å²) in [6.45, 7) is 10.3. The van der Waals surface area contributed by atoms with E-state index in [0.717, 1.165) is 31.2 Å². The van der Waals surface area contributed by atoms with E-state index in [0.29, 0.717) is 26.4 Å². The van der Waals surface area contributed by atoms with E-state index in [1.807, 2.05) is 44.2 Å². The average molecular weight is 539 g/mol. The van der Waals surface area contributed by atoms with Gasteiger partial charge in [-0.3, -0.25) is 0 Å². The van der Waals surface area contributed by atoms with Crippen LogP contribution in [0.15, 0.2) is 30.3 Å². The van der Waals surface area contributed by atoms with Crippen LogP contribution in [0, 0.1) is 0 Å². The highest BCUT2D eigenvalue weighted by Gasteiger charge is 2.55. The summed E-state index contributed by atoms with van der Waals surface area (Å²) in [6.07, 6.45) is 0.223. The number of benzene rings is 1. The fourth-order valence-corrected chi connectivity index (χ4v) is 5.01. The Morgan fingerprint density at radius 1 is 0.895 bits per heavy atom. The summed E-state index contributed by atoms with van der Waals surface area (Å²) >= 11 is 0. The molecule has 0 aliphatic carbocycles. The van der Waals surface area contributed by atoms with Gasteiger partial charge in [0.15, 0.2) is 18.9 Å². The summed E-state index contributed by atoms with van der Waals surface area (Å²) in [5.41, 5.74) is 0.965. The van der Waals surface area contributed by atoms with Gasteiger partial charge < -0.3 is 42.6 Å². The molecule has 3 aliphatic heterocycles. The minimum Gasteiger partial charge on any atom is -0.372 e. The predicted octanol–water partition coefficient (Wildman–Crippen LogP) is 4.38. The van der Waals surface area contributed by atoms with Gasteiger partial charge in [0.25, 0.3) is 0 Å². The molecule has 216 valence electrons. The van der Waals surface area contributed by atoms with E-state index in [1.54, 1.807) is 7.11 Å². The van der Waals surface area contributed by atoms with Crippen LogP contribution in [0.3, 0.4) is 0 Å². The Labute approximate surface area is 227 Å². The molecule has 3 unspecified atom stereocenters. The minimum absolute atomic E-state index is 0.162. The molecule has 3 aliphatic rings. The zero-order chi connectivity index (χ0) is 26.9. The fraction of sp³-hybridized carbons (Fsp3) is 0.793. The molecule has 38 heavy (non-hydrogen) atoms. The largest absolute Gasteiger partial charge is 0.372 e. The lowest BCUT2D eigenvalue weighted by Gasteiger charge is -2.49. The van der Waals surface area contributed by atoms with Gasteiger partial charge in [0.05, 0.1) is 12.7 Å². The summed E-state index contributed by atoms with van der Waals surface area (Å²) in [4.78, 5) is 0. The number of hydrogen-bond donors (Lipinski definition) is 0. The van der Waals surface area contributed by atoms with Crippen molar-refractivity contribution in [1.29, 1.82) is 0 Å². The summed E-state index contributed by atoms with van der Waals surface area (Å²) in [7, 11) is 1.62. The van der Waals surface area contributed by atoms with Gasteiger partial charge in [-0.15, -0.1) is 0 Å². The first-order valence-electron chi connectivity index (χ1n) is 14.3. The normalized spacial score (nSPS) is 34.4. The first-order valence-corrected chi connectivity index (χ1v) is 14.3. The van der Waals surface area contributed by atoms with E-state index < -0.39 is 25.0 Å². The van der Waals surface area contributed by atoms with Crippen molar-refractivity contribution in [3.63, 3.8) is 0 Å². The molecule has 9 heteroatoms. The number of unbranched alkanes of at least 4 members (excludes halogenated alkanes) is 2. The molecule has 0 saturated carbocycles. The molecular weight excluding hydrogens is 492 g/mol. The second-order valence-corrected chi connectivity index (χ2v) is 10.1. The lowest BCUT2D eigenvalue weighted by Crippen LogP contribution is -2.64. The number of fused-ring (bicyclic) bond motifs is 1. The SMILES string of the molecule is CCCCOC1[C@H](OCCCC)[C@H](O[C@H](C)C2O[C@H]2[C@@H](OC)OCC)O[C@H]2COC(c3ccccc3)O[C@@H]12. The van der Waals surface area contributed by atoms with E-state index in [9.17, 15) is 0 Å². The smallest absolute Gasteiger partial charge is 0.187 e. The monoisotopic (exact) mass is 538 g/mol. The van der Waals surface area contributed by atoms with Crippen LogP contribution in [0.5, 0.6) is 0 Å². The van der Waals surface area contributed by atoms with Gasteiger partial charge in [0.2, 0.25) is 0 Å². The third-order valence-corrected chi connectivity index (χ3v) is 7.18. The Hall–Kier alpha value is -1.14. The number of hydrogen-bond acceptors (Lipinski definition) is 9. The van der Waals surface area contributed by atoms with Crippen LogP contribution in [0.25, 0.3) is 0 Å². The second-order valence-electron chi connectivity index (χ2n) is 10.1. The van der Waals surface area contributed by atoms with E-state index in [1.165, 1.54) is 0 Å². The van der Waals surface area contributed by atoms with Gasteiger partial charge in [-0.1, -0.05) is 57.0 Å². The van der Waals surface area contributed by atoms with Crippen LogP contribution in [0.1, 0.15) is 65.2 Å². The van der Waals surface area contributed by atoms with Crippen LogP contribution in [0.2, 0.25) is 0 Å². The summed E-state index contributed by atoms with van der Waals surface area (Å²) < 4.78 is 55.4. The van der Waals surface area contributed by atoms with Crippen molar-refractivity contribution in [3.8, 4) is 0 Å². The molecule has 0 spiro atoms. The lowest BCUT2D eigenvalue weighted by molar-refractivity contribution is -0.375. The zero-order valence-corrected chi connectivity index (χ0v) is 23.5. The Bertz CT molecular complexity index is 796. The Morgan fingerprint density at radius 3 is 2.26 bits per heavy atom. The van der Waals surface area contributed by atoms with Crippen molar-refractivity contribution in [2.24, 2.45) is 0 Å². The van der Waals surface area contributed by atoms with Gasteiger partial charge >= 0.3 is 0 Å². The first kappa shape index (κ1) is 29.8. The molecule has 0 bridgehead atoms. The second kappa shape index (κ2) is 15.0. The molecule has 10 atom stereocenters. The van der Waals surface area contributed by atoms with Gasteiger partial charge in [0, 0.05) is 32.5 Å². The van der Waals surface area contributed by atoms with Gasteiger partial charge in [-0.05, 0) is 26.7 Å². The maximum Gasteiger partial charge on any atom is 0.187 e. The van der Waals surface area contributed by atoms with Gasteiger partial charge in [-0.25, -0.2) is 0 Å². The Morgan fingerprint density at radius 2 is 1.61 bits per heavy atom. The third kappa shape index (κ3) is 7.53. The molecule has 9 nitrogen and oxygen atoms in total. The van der Waals surface area contributed by atoms with Crippen molar-refractivity contribution in [2.45, 2.75) is 115 Å². The quantitative estimate of drug-likeness (QED) is 0.173. The van der Waals surface area contributed by atoms with Crippen molar-refractivity contribution in [1.82, 2.24) is 0 Å². The third-order valence-electron chi connectivity index (χ3n) is 7.18. The van der Waals surface area contributed by atoms with Crippen molar-refractivity contribution in [2.75, 3.05) is 33.5 Å². The molecule has 0 amide bonds. The van der Waals surface area contributed by atoms with E-state index in [2.05, 4.69) is 13.8 Å². The zero-order valence-electron chi connectivity index (χ0n) is 23.5. The van der Waals surface area contributed by atoms with Crippen molar-refractivity contribution < 1.29 is 42.6 Å². The summed E-state index contributed by atoms with van der Waals surface area (Å²) in [5.74, 6) is 0. The van der Waals surface area contributed by atoms with Gasteiger partial charge in [-0.2, -0.15) is 0 Å². The maximum absolute atomic E-state index is 6.49. The fourth-order valence-electron chi connectivity index (χ4n) is 5.01. The first-order chi connectivity index (χ1) is 18.6. The highest BCUT2D eigenvalue weighted by atomic mass is 16.8. The molecule has 3 saturated heterocycles. The average Bonchev–Trinajstić information content (AvgIpc) is 3.74. The van der Waals surface area contributed by atoms with E-state index in [-0.39, 0.29) is 36.6 Å². The van der Waals surface area contributed by atoms with Crippen LogP contribution in [-0.2, 0) is 42.6 Å². The molecule has 1 aromatic rings. The van der Waals surface area contributed by atoms with Crippen LogP contribution >= 0.6 is 0 Å². The molecule has 0 aromatic heterocycles. The van der Waals surface area contributed by atoms with E-state index >= 15 is 0 Å². The molecule has 0 N–H and O–H groups in total. The molecule has 4 rings (SSSR count). The lowest BCUT2D eigenvalue weighted by atomic mass is 9.97. The van der Waals surface area contributed by atoms with Crippen LogP contribution in [0.4, 0.5) is 0 Å². The number of rotatable bonds is 16. The number of epoxide rings is 1. The predicted molar refractivity (Wildman–Crippen MR) is 140 cm³/mol. The minimum atomic E-state index is -0.659. The number of ether oxygens (including phenoxy) is 9. The molecule has 1 aromatic carbocycles. The van der Waals surface area contributed by atoms with Crippen LogP contribution in [-0.4, -0.2) is 88.8 Å². The van der Waals surface area contributed by atoms with Crippen LogP contribution < -0.4 is 0 Å². The Kier molecular flexibility index (Phi) is 11.8. The highest BCUT2D eigenvalue weighted by Crippen LogP contribution is 2.39. The standard InChI is InChI=1S/C29H46O9/c1-6-9-16-32-24-23-21(18-34-27(38-23)20-14-12-11-13-15-20)36-29(25(24)33-17-10-7-2)35-19(4)22-26(37-22)28(30-5)31-8-3/h11-15,19,21-29H,6-10,16-18H2,1-5H3/t19-,21+,22?,23-,24?,25+,26-,27?,28+,29-/m1/s1. The van der Waals surface area contributed by atoms with Gasteiger partial charge in [0.1, 0.15) is 36.6 Å². The molecule has 3 heterocycles. The summed E-state index contributed by atoms with van der Waals surface area (Å²) in [5, 5.41) is 0. The van der Waals surface area contributed by atoms with E-state index in [4.69, 9.17) is 42.6 Å². The molecular formula is C29H46O9. The van der Waals surface area contributed by atoms with Crippen molar-refractivity contribution >= 4 is 0 Å². The summed E-state index contributed by atoms with van der Waals surface area (Å²) in [6, 6.07) is 9.96. The topological polar surface area (TPSA) is 86.4 Å². The molecule has 0 radical (unpaired) electrons. The Balaban J connectivity index is 1.49.